The van der Waals surface area contributed by atoms with E-state index in [-0.39, 0.29) is 51.2 Å². The Kier molecular flexibility index (Phi) is 25.5. The molecule has 16 nitrogen and oxygen atoms in total. The van der Waals surface area contributed by atoms with Crippen molar-refractivity contribution in [2.45, 2.75) is 121 Å². The third-order valence-corrected chi connectivity index (χ3v) is 7.56. The number of azide groups is 2. The van der Waals surface area contributed by atoms with Gasteiger partial charge in [0.25, 0.3) is 0 Å². The van der Waals surface area contributed by atoms with Crippen LogP contribution in [0.5, 0.6) is 0 Å². The molecule has 0 spiro atoms. The summed E-state index contributed by atoms with van der Waals surface area (Å²) in [5.41, 5.74) is 17.2. The Hall–Kier alpha value is -2.97. The van der Waals surface area contributed by atoms with Crippen LogP contribution >= 0.6 is 0 Å². The van der Waals surface area contributed by atoms with E-state index in [0.717, 1.165) is 19.3 Å². The summed E-state index contributed by atoms with van der Waals surface area (Å²) in [5, 5.41) is 57.3. The lowest BCUT2D eigenvalue weighted by Crippen LogP contribution is -2.49. The number of nitrogens with one attached hydrogen (secondary N) is 1. The van der Waals surface area contributed by atoms with Crippen molar-refractivity contribution < 1.29 is 39.9 Å². The van der Waals surface area contributed by atoms with Crippen LogP contribution in [-0.2, 0) is 14.4 Å². The normalized spacial score (nSPS) is 14.3. The minimum absolute atomic E-state index is 0.0154. The van der Waals surface area contributed by atoms with Gasteiger partial charge in [0.2, 0.25) is 11.8 Å². The van der Waals surface area contributed by atoms with Crippen molar-refractivity contribution in [1.29, 1.82) is 0 Å². The lowest BCUT2D eigenvalue weighted by atomic mass is 9.93. The van der Waals surface area contributed by atoms with E-state index in [4.69, 9.17) is 16.2 Å². The van der Waals surface area contributed by atoms with Crippen molar-refractivity contribution in [3.63, 3.8) is 0 Å². The summed E-state index contributed by atoms with van der Waals surface area (Å²) >= 11 is 0. The first-order valence-electron chi connectivity index (χ1n) is 16.0. The van der Waals surface area contributed by atoms with Gasteiger partial charge < -0.3 is 35.7 Å². The predicted octanol–water partition coefficient (Wildman–Crippen LogP) is 2.65. The molecule has 0 aliphatic heterocycles. The highest BCUT2D eigenvalue weighted by molar-refractivity contribution is 5.87. The van der Waals surface area contributed by atoms with Crippen molar-refractivity contribution in [3.05, 3.63) is 20.9 Å². The van der Waals surface area contributed by atoms with Gasteiger partial charge in [-0.25, -0.2) is 0 Å². The number of aliphatic hydroxyl groups excluding tert-OH is 5. The summed E-state index contributed by atoms with van der Waals surface area (Å²) in [6.45, 7) is 0.875. The fourth-order valence-electron chi connectivity index (χ4n) is 4.81. The smallest absolute Gasteiger partial charge is 0.226 e. The third kappa shape index (κ3) is 20.6. The minimum atomic E-state index is -1.84. The number of carbonyl (C=O) groups is 3. The lowest BCUT2D eigenvalue weighted by molar-refractivity contribution is -0.138. The Balaban J connectivity index is 5.16. The van der Waals surface area contributed by atoms with E-state index in [1.807, 2.05) is 0 Å². The summed E-state index contributed by atoms with van der Waals surface area (Å²) in [5.74, 6) is -2.03. The van der Waals surface area contributed by atoms with Crippen molar-refractivity contribution >= 4 is 17.6 Å². The number of aliphatic hydroxyl groups is 5. The molecule has 0 saturated heterocycles. The zero-order chi connectivity index (χ0) is 33.9. The summed E-state index contributed by atoms with van der Waals surface area (Å²) in [6, 6.07) is 0. The lowest BCUT2D eigenvalue weighted by Gasteiger charge is -2.27. The number of Topliss-reactive ketones (excluding diaryl/α,β-unsaturated/α-hetero) is 1. The van der Waals surface area contributed by atoms with E-state index in [9.17, 15) is 34.8 Å². The molecule has 6 N–H and O–H groups in total. The van der Waals surface area contributed by atoms with E-state index in [2.05, 4.69) is 32.3 Å². The van der Waals surface area contributed by atoms with Crippen LogP contribution < -0.4 is 5.32 Å². The maximum absolute atomic E-state index is 13.5. The van der Waals surface area contributed by atoms with Gasteiger partial charge in [-0.05, 0) is 23.9 Å². The van der Waals surface area contributed by atoms with Gasteiger partial charge in [0.05, 0.1) is 12.7 Å². The molecule has 0 fully saturated rings. The maximum Gasteiger partial charge on any atom is 0.226 e. The average Bonchev–Trinajstić information content (AvgIpc) is 3.04. The summed E-state index contributed by atoms with van der Waals surface area (Å²) < 4.78 is 0. The Labute approximate surface area is 265 Å². The summed E-state index contributed by atoms with van der Waals surface area (Å²) in [7, 11) is 0. The molecule has 0 aromatic carbocycles. The molecule has 0 radical (unpaired) electrons. The Morgan fingerprint density at radius 1 is 0.778 bits per heavy atom. The van der Waals surface area contributed by atoms with Crippen LogP contribution in [0.4, 0.5) is 0 Å². The molecule has 5 atom stereocenters. The van der Waals surface area contributed by atoms with Gasteiger partial charge >= 0.3 is 0 Å². The van der Waals surface area contributed by atoms with E-state index in [1.165, 1.54) is 43.4 Å². The monoisotopic (exact) mass is 642 g/mol. The SMILES string of the molecule is CCCCCCCCCCCCC(=O)C[C@H](CCC(=O)NCC(O)C(O)C(O)C(O)CO)C(=O)N(CCN=[N+]=[N-])CCN=[N+]=[N-]. The fourth-order valence-corrected chi connectivity index (χ4v) is 4.81. The average molecular weight is 643 g/mol. The van der Waals surface area contributed by atoms with Crippen LogP contribution in [0, 0.1) is 5.92 Å². The second-order valence-corrected chi connectivity index (χ2v) is 11.2. The standard InChI is InChI=1S/C29H54N8O8/c1-2-3-4-5-6-7-8-9-10-11-12-23(39)19-22(29(45)37(17-15-33-35-30)18-16-34-36-31)13-14-26(42)32-20-24(40)27(43)28(44)25(41)21-38/h22,24-25,27-28,38,40-41,43-44H,2-21H2,1H3,(H,32,42)/t22-,24?,25?,27?,28?/m0/s1. The molecule has 0 aromatic rings. The number of nitrogens with zero attached hydrogens (tertiary/aromatic N) is 7. The van der Waals surface area contributed by atoms with Gasteiger partial charge in [0, 0.05) is 67.7 Å². The fraction of sp³-hybridized carbons (Fsp3) is 0.897. The van der Waals surface area contributed by atoms with Crippen LogP contribution in [0.2, 0.25) is 0 Å². The number of ketones is 1. The maximum atomic E-state index is 13.5. The number of hydrogen-bond donors (Lipinski definition) is 6. The largest absolute Gasteiger partial charge is 0.394 e. The molecular weight excluding hydrogens is 588 g/mol. The molecule has 2 amide bonds. The van der Waals surface area contributed by atoms with Gasteiger partial charge in [-0.15, -0.1) is 0 Å². The quantitative estimate of drug-likeness (QED) is 0.0305. The second kappa shape index (κ2) is 27.3. The van der Waals surface area contributed by atoms with Crippen molar-refractivity contribution in [3.8, 4) is 0 Å². The van der Waals surface area contributed by atoms with Crippen LogP contribution in [0.25, 0.3) is 20.9 Å². The highest BCUT2D eigenvalue weighted by Gasteiger charge is 2.31. The summed E-state index contributed by atoms with van der Waals surface area (Å²) in [4.78, 5) is 45.6. The van der Waals surface area contributed by atoms with Crippen LogP contribution in [0.15, 0.2) is 10.2 Å². The molecule has 258 valence electrons. The number of rotatable bonds is 29. The van der Waals surface area contributed by atoms with Gasteiger partial charge in [0.15, 0.2) is 0 Å². The van der Waals surface area contributed by atoms with Gasteiger partial charge in [-0.3, -0.25) is 14.4 Å². The van der Waals surface area contributed by atoms with Gasteiger partial charge in [0.1, 0.15) is 24.1 Å². The van der Waals surface area contributed by atoms with E-state index >= 15 is 0 Å². The predicted molar refractivity (Wildman–Crippen MR) is 168 cm³/mol. The van der Waals surface area contributed by atoms with E-state index in [1.54, 1.807) is 0 Å². The number of carbonyl (C=O) groups excluding carboxylic acids is 3. The van der Waals surface area contributed by atoms with Crippen LogP contribution in [0.1, 0.15) is 96.8 Å². The van der Waals surface area contributed by atoms with Crippen LogP contribution in [-0.4, -0.2) is 112 Å². The first-order chi connectivity index (χ1) is 21.6. The molecule has 16 heteroatoms. The van der Waals surface area contributed by atoms with E-state index < -0.39 is 55.3 Å². The number of unbranched alkanes of at least 4 members (excludes halogenated alkanes) is 9. The third-order valence-electron chi connectivity index (χ3n) is 7.56. The molecule has 0 aliphatic rings. The Morgan fingerprint density at radius 2 is 1.29 bits per heavy atom. The van der Waals surface area contributed by atoms with Crippen molar-refractivity contribution in [1.82, 2.24) is 10.2 Å². The van der Waals surface area contributed by atoms with Crippen molar-refractivity contribution in [2.75, 3.05) is 39.3 Å². The number of amides is 2. The first-order valence-corrected chi connectivity index (χ1v) is 16.0. The summed E-state index contributed by atoms with van der Waals surface area (Å²) in [6.07, 6.45) is 4.14. The Bertz CT molecular complexity index is 908. The molecule has 0 saturated carbocycles. The van der Waals surface area contributed by atoms with Crippen LogP contribution in [0.3, 0.4) is 0 Å². The Morgan fingerprint density at radius 3 is 1.80 bits per heavy atom. The zero-order valence-electron chi connectivity index (χ0n) is 26.6. The van der Waals surface area contributed by atoms with Crippen molar-refractivity contribution in [2.24, 2.45) is 16.1 Å². The molecular formula is C29H54N8O8. The minimum Gasteiger partial charge on any atom is -0.394 e. The molecule has 45 heavy (non-hydrogen) atoms. The highest BCUT2D eigenvalue weighted by atomic mass is 16.4. The highest BCUT2D eigenvalue weighted by Crippen LogP contribution is 2.19. The molecule has 0 bridgehead atoms. The second-order valence-electron chi connectivity index (χ2n) is 11.2. The van der Waals surface area contributed by atoms with Gasteiger partial charge in [-0.2, -0.15) is 0 Å². The topological polar surface area (TPSA) is 265 Å². The van der Waals surface area contributed by atoms with Gasteiger partial charge in [-0.1, -0.05) is 74.9 Å². The molecule has 4 unspecified atom stereocenters. The first kappa shape index (κ1) is 42.0. The molecule has 0 rings (SSSR count). The number of hydrogen-bond acceptors (Lipinski definition) is 10. The molecule has 0 aromatic heterocycles. The van der Waals surface area contributed by atoms with E-state index in [0.29, 0.717) is 12.8 Å². The zero-order valence-corrected chi connectivity index (χ0v) is 26.6. The molecule has 0 aliphatic carbocycles. The molecule has 0 heterocycles.